The highest BCUT2D eigenvalue weighted by Crippen LogP contribution is 2.38. The Hall–Kier alpha value is -3.59. The van der Waals surface area contributed by atoms with Crippen LogP contribution in [0.5, 0.6) is 0 Å². The molecule has 0 spiro atoms. The zero-order chi connectivity index (χ0) is 26.0. The normalized spacial score (nSPS) is 15.2. The predicted octanol–water partition coefficient (Wildman–Crippen LogP) is 5.54. The van der Waals surface area contributed by atoms with E-state index in [1.54, 1.807) is 22.9 Å². The third kappa shape index (κ3) is 3.87. The van der Waals surface area contributed by atoms with Crippen LogP contribution in [0.25, 0.3) is 33.3 Å². The summed E-state index contributed by atoms with van der Waals surface area (Å²) in [5.74, 6) is 0.621. The van der Waals surface area contributed by atoms with Gasteiger partial charge < -0.3 is 15.6 Å². The van der Waals surface area contributed by atoms with E-state index < -0.39 is 11.7 Å². The number of H-pyrrole nitrogens is 1. The molecule has 0 atom stereocenters. The minimum atomic E-state index is -4.50. The van der Waals surface area contributed by atoms with Crippen LogP contribution < -0.4 is 16.2 Å². The smallest absolute Gasteiger partial charge is 0.360 e. The Bertz CT molecular complexity index is 1530. The molecule has 0 unspecified atom stereocenters. The summed E-state index contributed by atoms with van der Waals surface area (Å²) < 4.78 is 42.5. The molecule has 0 saturated carbocycles. The van der Waals surface area contributed by atoms with Crippen LogP contribution in [0.1, 0.15) is 38.8 Å². The van der Waals surface area contributed by atoms with Crippen molar-refractivity contribution in [1.82, 2.24) is 14.5 Å². The van der Waals surface area contributed by atoms with E-state index in [0.717, 1.165) is 22.5 Å². The number of aromatic amines is 1. The first-order valence-corrected chi connectivity index (χ1v) is 11.8. The predicted molar refractivity (Wildman–Crippen MR) is 136 cm³/mol. The molecule has 36 heavy (non-hydrogen) atoms. The summed E-state index contributed by atoms with van der Waals surface area (Å²) in [4.78, 5) is 23.3. The molecule has 3 heterocycles. The number of aromatic nitrogens is 3. The van der Waals surface area contributed by atoms with Crippen LogP contribution in [0.4, 0.5) is 19.1 Å². The van der Waals surface area contributed by atoms with E-state index in [1.165, 1.54) is 12.1 Å². The minimum absolute atomic E-state index is 0.0510. The molecule has 1 aliphatic heterocycles. The molecule has 1 aliphatic rings. The van der Waals surface area contributed by atoms with Gasteiger partial charge in [-0.1, -0.05) is 18.2 Å². The molecular weight excluding hydrogens is 467 g/mol. The van der Waals surface area contributed by atoms with E-state index in [2.05, 4.69) is 37.6 Å². The summed E-state index contributed by atoms with van der Waals surface area (Å²) in [6, 6.07) is 11.3. The van der Waals surface area contributed by atoms with Gasteiger partial charge in [0.2, 0.25) is 5.95 Å². The van der Waals surface area contributed by atoms with Gasteiger partial charge in [0.1, 0.15) is 0 Å². The van der Waals surface area contributed by atoms with Crippen molar-refractivity contribution in [2.75, 3.05) is 4.90 Å². The van der Waals surface area contributed by atoms with E-state index in [0.29, 0.717) is 29.3 Å². The molecule has 2 aromatic carbocycles. The second-order valence-electron chi connectivity index (χ2n) is 10.2. The van der Waals surface area contributed by atoms with Gasteiger partial charge in [-0.15, -0.1) is 0 Å². The van der Waals surface area contributed by atoms with Crippen LogP contribution in [-0.2, 0) is 19.3 Å². The number of hydrogen-bond donors (Lipinski definition) is 2. The third-order valence-electron chi connectivity index (χ3n) is 6.84. The molecule has 0 amide bonds. The summed E-state index contributed by atoms with van der Waals surface area (Å²) >= 11 is 0. The summed E-state index contributed by atoms with van der Waals surface area (Å²) in [6.45, 7) is 8.66. The first-order chi connectivity index (χ1) is 16.9. The molecule has 5 rings (SSSR count). The first-order valence-electron chi connectivity index (χ1n) is 11.8. The van der Waals surface area contributed by atoms with E-state index in [-0.39, 0.29) is 29.2 Å². The van der Waals surface area contributed by atoms with Gasteiger partial charge in [-0.05, 0) is 62.6 Å². The van der Waals surface area contributed by atoms with Gasteiger partial charge in [-0.3, -0.25) is 9.36 Å². The topological polar surface area (TPSA) is 79.9 Å². The lowest BCUT2D eigenvalue weighted by Crippen LogP contribution is -2.45. The van der Waals surface area contributed by atoms with E-state index in [9.17, 15) is 18.0 Å². The molecule has 0 bridgehead atoms. The SMILES string of the molecule is CC(C)N1c2nc(-c3c[nH]c4ccc(-c5ccc(CN)c(C(F)(F)F)c5)cc34)cc(=O)n2CC1(C)C. The molecule has 0 radical (unpaired) electrons. The Labute approximate surface area is 206 Å². The lowest BCUT2D eigenvalue weighted by Gasteiger charge is -2.35. The fourth-order valence-electron chi connectivity index (χ4n) is 5.34. The quantitative estimate of drug-likeness (QED) is 0.389. The van der Waals surface area contributed by atoms with Crippen molar-refractivity contribution < 1.29 is 13.2 Å². The molecule has 0 saturated heterocycles. The number of anilines is 1. The van der Waals surface area contributed by atoms with Gasteiger partial charge in [-0.2, -0.15) is 13.2 Å². The van der Waals surface area contributed by atoms with Crippen LogP contribution >= 0.6 is 0 Å². The molecule has 4 aromatic rings. The summed E-state index contributed by atoms with van der Waals surface area (Å²) in [7, 11) is 0. The Morgan fingerprint density at radius 2 is 1.81 bits per heavy atom. The highest BCUT2D eigenvalue weighted by Gasteiger charge is 2.39. The molecule has 6 nitrogen and oxygen atoms in total. The van der Waals surface area contributed by atoms with Gasteiger partial charge in [0, 0.05) is 41.3 Å². The molecule has 0 fully saturated rings. The second-order valence-corrected chi connectivity index (χ2v) is 10.2. The summed E-state index contributed by atoms with van der Waals surface area (Å²) in [6.07, 6.45) is -2.72. The van der Waals surface area contributed by atoms with E-state index in [4.69, 9.17) is 10.7 Å². The zero-order valence-electron chi connectivity index (χ0n) is 20.6. The molecule has 2 aromatic heterocycles. The van der Waals surface area contributed by atoms with Crippen molar-refractivity contribution in [2.24, 2.45) is 5.73 Å². The Morgan fingerprint density at radius 1 is 1.11 bits per heavy atom. The maximum atomic E-state index is 13.6. The summed E-state index contributed by atoms with van der Waals surface area (Å²) in [5, 5.41) is 0.772. The summed E-state index contributed by atoms with van der Waals surface area (Å²) in [5.41, 5.74) is 7.55. The number of alkyl halides is 3. The highest BCUT2D eigenvalue weighted by atomic mass is 19.4. The molecule has 3 N–H and O–H groups in total. The molecular formula is C27H28F3N5O. The molecule has 188 valence electrons. The van der Waals surface area contributed by atoms with Gasteiger partial charge >= 0.3 is 6.18 Å². The van der Waals surface area contributed by atoms with E-state index >= 15 is 0 Å². The van der Waals surface area contributed by atoms with Crippen molar-refractivity contribution in [3.8, 4) is 22.4 Å². The zero-order valence-corrected chi connectivity index (χ0v) is 20.6. The fourth-order valence-corrected chi connectivity index (χ4v) is 5.34. The molecule has 0 aliphatic carbocycles. The number of fused-ring (bicyclic) bond motifs is 2. The molecule has 9 heteroatoms. The standard InChI is InChI=1S/C27H28F3N5O/c1-15(2)35-25-33-23(11-24(36)34(25)14-26(35,3)4)20-13-32-22-8-7-16(9-19(20)22)17-5-6-18(12-31)21(10-17)27(28,29)30/h5-11,13,15,32H,12,14,31H2,1-4H3. The average Bonchev–Trinajstić information content (AvgIpc) is 3.35. The third-order valence-corrected chi connectivity index (χ3v) is 6.84. The van der Waals surface area contributed by atoms with Crippen molar-refractivity contribution >= 4 is 16.9 Å². The maximum absolute atomic E-state index is 13.6. The Kier molecular flexibility index (Phi) is 5.51. The fraction of sp³-hybridized carbons (Fsp3) is 0.333. The largest absolute Gasteiger partial charge is 0.416 e. The number of nitrogens with one attached hydrogen (secondary N) is 1. The average molecular weight is 496 g/mol. The number of rotatable bonds is 4. The van der Waals surface area contributed by atoms with Crippen LogP contribution in [-0.4, -0.2) is 26.1 Å². The monoisotopic (exact) mass is 495 g/mol. The van der Waals surface area contributed by atoms with Gasteiger partial charge in [-0.25, -0.2) is 4.98 Å². The number of hydrogen-bond acceptors (Lipinski definition) is 4. The second kappa shape index (κ2) is 8.23. The maximum Gasteiger partial charge on any atom is 0.416 e. The number of benzene rings is 2. The van der Waals surface area contributed by atoms with Gasteiger partial charge in [0.25, 0.3) is 5.56 Å². The van der Waals surface area contributed by atoms with Gasteiger partial charge in [0.15, 0.2) is 0 Å². The van der Waals surface area contributed by atoms with Crippen molar-refractivity contribution in [2.45, 2.75) is 58.5 Å². The van der Waals surface area contributed by atoms with Crippen LogP contribution in [0.15, 0.2) is 53.5 Å². The lowest BCUT2D eigenvalue weighted by molar-refractivity contribution is -0.138. The van der Waals surface area contributed by atoms with Crippen molar-refractivity contribution in [3.63, 3.8) is 0 Å². The van der Waals surface area contributed by atoms with Crippen LogP contribution in [0.3, 0.4) is 0 Å². The highest BCUT2D eigenvalue weighted by molar-refractivity contribution is 5.97. The van der Waals surface area contributed by atoms with Gasteiger partial charge in [0.05, 0.1) is 23.3 Å². The van der Waals surface area contributed by atoms with Crippen LogP contribution in [0.2, 0.25) is 0 Å². The van der Waals surface area contributed by atoms with E-state index in [1.807, 2.05) is 12.1 Å². The number of nitrogens with two attached hydrogens (primary N) is 1. The van der Waals surface area contributed by atoms with Crippen molar-refractivity contribution in [1.29, 1.82) is 0 Å². The van der Waals surface area contributed by atoms with Crippen LogP contribution in [0, 0.1) is 0 Å². The lowest BCUT2D eigenvalue weighted by atomic mass is 9.97. The number of nitrogens with zero attached hydrogens (tertiary/aromatic N) is 3. The Balaban J connectivity index is 1.64. The Morgan fingerprint density at radius 3 is 2.47 bits per heavy atom. The first kappa shape index (κ1) is 24.1. The number of halogens is 3. The van der Waals surface area contributed by atoms with Crippen molar-refractivity contribution in [3.05, 3.63) is 70.1 Å². The minimum Gasteiger partial charge on any atom is -0.360 e.